The molecular formula is C17H9ClFN3O2. The van der Waals surface area contributed by atoms with Gasteiger partial charge in [0.1, 0.15) is 11.4 Å². The lowest BCUT2D eigenvalue weighted by Gasteiger charge is -2.00. The van der Waals surface area contributed by atoms with E-state index in [1.807, 2.05) is 0 Å². The number of rotatable bonds is 2. The highest BCUT2D eigenvalue weighted by Gasteiger charge is 2.16. The Labute approximate surface area is 139 Å². The van der Waals surface area contributed by atoms with E-state index >= 15 is 0 Å². The van der Waals surface area contributed by atoms with Crippen LogP contribution in [0.3, 0.4) is 0 Å². The fraction of sp³-hybridized carbons (Fsp3) is 0. The summed E-state index contributed by atoms with van der Waals surface area (Å²) in [5.41, 5.74) is 0.893. The van der Waals surface area contributed by atoms with E-state index in [4.69, 9.17) is 16.1 Å². The van der Waals surface area contributed by atoms with Crippen molar-refractivity contribution in [2.24, 2.45) is 0 Å². The molecule has 2 heterocycles. The van der Waals surface area contributed by atoms with E-state index in [0.717, 1.165) is 0 Å². The monoisotopic (exact) mass is 341 g/mol. The normalized spacial score (nSPS) is 11.1. The number of nitrogens with zero attached hydrogens (tertiary/aromatic N) is 2. The average Bonchev–Trinajstić information content (AvgIpc) is 3.06. The number of hydrogen-bond donors (Lipinski definition) is 1. The van der Waals surface area contributed by atoms with E-state index < -0.39 is 11.2 Å². The first-order valence-corrected chi connectivity index (χ1v) is 7.41. The maximum absolute atomic E-state index is 13.4. The third-order valence-electron chi connectivity index (χ3n) is 3.61. The van der Waals surface area contributed by atoms with E-state index in [2.05, 4.69) is 15.1 Å². The fourth-order valence-electron chi connectivity index (χ4n) is 2.43. The maximum atomic E-state index is 13.4. The lowest BCUT2D eigenvalue weighted by Crippen LogP contribution is -2.06. The Morgan fingerprint density at radius 1 is 1.12 bits per heavy atom. The molecule has 0 saturated carbocycles. The molecular weight excluding hydrogens is 333 g/mol. The number of fused-ring (bicyclic) bond motifs is 1. The summed E-state index contributed by atoms with van der Waals surface area (Å²) in [4.78, 5) is 19.7. The molecule has 0 fully saturated rings. The molecule has 0 radical (unpaired) electrons. The zero-order valence-corrected chi connectivity index (χ0v) is 12.8. The van der Waals surface area contributed by atoms with Crippen molar-refractivity contribution in [3.8, 4) is 22.8 Å². The van der Waals surface area contributed by atoms with Gasteiger partial charge in [0.2, 0.25) is 11.3 Å². The van der Waals surface area contributed by atoms with Gasteiger partial charge in [0.15, 0.2) is 0 Å². The van der Waals surface area contributed by atoms with Crippen molar-refractivity contribution >= 4 is 22.5 Å². The summed E-state index contributed by atoms with van der Waals surface area (Å²) in [6.45, 7) is 0. The van der Waals surface area contributed by atoms with Gasteiger partial charge in [-0.2, -0.15) is 4.98 Å². The molecule has 4 rings (SSSR count). The second kappa shape index (κ2) is 5.58. The average molecular weight is 342 g/mol. The molecule has 0 saturated heterocycles. The second-order valence-electron chi connectivity index (χ2n) is 5.12. The summed E-state index contributed by atoms with van der Waals surface area (Å²) in [7, 11) is 0. The Morgan fingerprint density at radius 3 is 2.79 bits per heavy atom. The molecule has 7 heteroatoms. The number of aromatic nitrogens is 3. The van der Waals surface area contributed by atoms with Crippen molar-refractivity contribution in [1.29, 1.82) is 0 Å². The number of pyridine rings is 1. The first-order valence-electron chi connectivity index (χ1n) is 7.03. The van der Waals surface area contributed by atoms with Crippen molar-refractivity contribution in [3.05, 3.63) is 69.7 Å². The first-order chi connectivity index (χ1) is 11.6. The second-order valence-corrected chi connectivity index (χ2v) is 5.53. The lowest BCUT2D eigenvalue weighted by molar-refractivity contribution is 0.432. The summed E-state index contributed by atoms with van der Waals surface area (Å²) in [5, 5.41) is 4.55. The number of halogens is 2. The van der Waals surface area contributed by atoms with Gasteiger partial charge in [-0.05, 0) is 30.3 Å². The van der Waals surface area contributed by atoms with Crippen LogP contribution in [0, 0.1) is 5.82 Å². The van der Waals surface area contributed by atoms with Crippen LogP contribution in [-0.4, -0.2) is 15.1 Å². The van der Waals surface area contributed by atoms with Gasteiger partial charge in [-0.25, -0.2) is 4.39 Å². The van der Waals surface area contributed by atoms with Gasteiger partial charge in [-0.15, -0.1) is 0 Å². The van der Waals surface area contributed by atoms with Crippen LogP contribution in [0.15, 0.2) is 58.0 Å². The van der Waals surface area contributed by atoms with E-state index in [1.165, 1.54) is 24.4 Å². The number of hydrogen-bond acceptors (Lipinski definition) is 4. The minimum absolute atomic E-state index is 0.0392. The molecule has 5 nitrogen and oxygen atoms in total. The summed E-state index contributed by atoms with van der Waals surface area (Å²) in [5.74, 6) is -0.181. The summed E-state index contributed by atoms with van der Waals surface area (Å²) in [6.07, 6.45) is 1.46. The van der Waals surface area contributed by atoms with Gasteiger partial charge in [0.05, 0.1) is 5.02 Å². The fourth-order valence-corrected chi connectivity index (χ4v) is 2.65. The molecule has 0 aliphatic heterocycles. The number of aromatic amines is 1. The minimum atomic E-state index is -0.493. The summed E-state index contributed by atoms with van der Waals surface area (Å²) < 4.78 is 18.6. The minimum Gasteiger partial charge on any atom is -0.360 e. The van der Waals surface area contributed by atoms with E-state index in [9.17, 15) is 9.18 Å². The largest absolute Gasteiger partial charge is 0.360 e. The Hall–Kier alpha value is -2.99. The smallest absolute Gasteiger partial charge is 0.263 e. The van der Waals surface area contributed by atoms with Crippen LogP contribution >= 0.6 is 11.6 Å². The van der Waals surface area contributed by atoms with Crippen LogP contribution in [0.25, 0.3) is 33.7 Å². The van der Waals surface area contributed by atoms with Crippen molar-refractivity contribution in [1.82, 2.24) is 15.1 Å². The quantitative estimate of drug-likeness (QED) is 0.597. The highest BCUT2D eigenvalue weighted by atomic mass is 35.5. The maximum Gasteiger partial charge on any atom is 0.263 e. The molecule has 0 unspecified atom stereocenters. The van der Waals surface area contributed by atoms with Crippen LogP contribution in [0.1, 0.15) is 0 Å². The molecule has 0 aliphatic rings. The van der Waals surface area contributed by atoms with Gasteiger partial charge >= 0.3 is 0 Å². The van der Waals surface area contributed by atoms with Crippen molar-refractivity contribution < 1.29 is 8.91 Å². The molecule has 2 aromatic heterocycles. The molecule has 0 aliphatic carbocycles. The highest BCUT2D eigenvalue weighted by Crippen LogP contribution is 2.27. The predicted octanol–water partition coefficient (Wildman–Crippen LogP) is 4.04. The molecule has 1 N–H and O–H groups in total. The zero-order chi connectivity index (χ0) is 16.7. The van der Waals surface area contributed by atoms with Gasteiger partial charge in [-0.3, -0.25) is 4.79 Å². The Kier molecular flexibility index (Phi) is 3.39. The van der Waals surface area contributed by atoms with Crippen LogP contribution in [-0.2, 0) is 0 Å². The van der Waals surface area contributed by atoms with Crippen LogP contribution in [0.2, 0.25) is 5.02 Å². The SMILES string of the molecule is O=c1c(-c2nc(-c3ccccc3Cl)no2)c[nH]c2ccc(F)cc12. The third kappa shape index (κ3) is 2.37. The summed E-state index contributed by atoms with van der Waals surface area (Å²) >= 11 is 6.11. The Morgan fingerprint density at radius 2 is 1.96 bits per heavy atom. The van der Waals surface area contributed by atoms with Gasteiger partial charge in [0, 0.05) is 22.7 Å². The lowest BCUT2D eigenvalue weighted by atomic mass is 10.1. The molecule has 0 atom stereocenters. The van der Waals surface area contributed by atoms with E-state index in [-0.39, 0.29) is 22.7 Å². The van der Waals surface area contributed by atoms with Crippen LogP contribution in [0.4, 0.5) is 4.39 Å². The van der Waals surface area contributed by atoms with Gasteiger partial charge < -0.3 is 9.51 Å². The molecule has 0 spiro atoms. The number of H-pyrrole nitrogens is 1. The van der Waals surface area contributed by atoms with E-state index in [1.54, 1.807) is 24.3 Å². The highest BCUT2D eigenvalue weighted by molar-refractivity contribution is 6.33. The van der Waals surface area contributed by atoms with Gasteiger partial charge in [0.25, 0.3) is 5.89 Å². The third-order valence-corrected chi connectivity index (χ3v) is 3.94. The van der Waals surface area contributed by atoms with Gasteiger partial charge in [-0.1, -0.05) is 28.9 Å². The molecule has 2 aromatic carbocycles. The van der Waals surface area contributed by atoms with Crippen molar-refractivity contribution in [2.75, 3.05) is 0 Å². The van der Waals surface area contributed by atoms with Crippen molar-refractivity contribution in [2.45, 2.75) is 0 Å². The first kappa shape index (κ1) is 14.6. The predicted molar refractivity (Wildman–Crippen MR) is 88.3 cm³/mol. The summed E-state index contributed by atoms with van der Waals surface area (Å²) in [6, 6.07) is 11.0. The topological polar surface area (TPSA) is 71.8 Å². The van der Waals surface area contributed by atoms with Crippen LogP contribution in [0.5, 0.6) is 0 Å². The number of benzene rings is 2. The molecule has 118 valence electrons. The number of nitrogens with one attached hydrogen (secondary N) is 1. The Bertz CT molecular complexity index is 1120. The molecule has 0 bridgehead atoms. The molecule has 4 aromatic rings. The Balaban J connectivity index is 1.86. The molecule has 24 heavy (non-hydrogen) atoms. The zero-order valence-electron chi connectivity index (χ0n) is 12.1. The molecule has 0 amide bonds. The van der Waals surface area contributed by atoms with E-state index in [0.29, 0.717) is 16.1 Å². The van der Waals surface area contributed by atoms with Crippen molar-refractivity contribution in [3.63, 3.8) is 0 Å². The van der Waals surface area contributed by atoms with Crippen LogP contribution < -0.4 is 5.43 Å². The standard InChI is InChI=1S/C17H9ClFN3O2/c18-13-4-2-1-3-10(13)16-21-17(24-22-16)12-8-20-14-6-5-9(19)7-11(14)15(12)23/h1-8H,(H,20,23).